The number of methoxy groups -OCH3 is 1. The zero-order valence-electron chi connectivity index (χ0n) is 12.1. The SMILES string of the molecule is COC(=O)C1=CN(C)C(C)=CC1c1cccc([N+](=O)[O-])c1. The summed E-state index contributed by atoms with van der Waals surface area (Å²) in [5.74, 6) is -0.796. The highest BCUT2D eigenvalue weighted by atomic mass is 16.6. The molecule has 0 amide bonds. The second-order valence-corrected chi connectivity index (χ2v) is 4.82. The van der Waals surface area contributed by atoms with Gasteiger partial charge in [-0.1, -0.05) is 18.2 Å². The molecule has 0 saturated heterocycles. The predicted octanol–water partition coefficient (Wildman–Crippen LogP) is 2.58. The summed E-state index contributed by atoms with van der Waals surface area (Å²) in [6.07, 6.45) is 3.59. The zero-order valence-corrected chi connectivity index (χ0v) is 12.1. The van der Waals surface area contributed by atoms with Crippen molar-refractivity contribution in [2.75, 3.05) is 14.2 Å². The molecule has 110 valence electrons. The molecule has 2 rings (SSSR count). The van der Waals surface area contributed by atoms with Gasteiger partial charge in [-0.25, -0.2) is 4.79 Å². The lowest BCUT2D eigenvalue weighted by atomic mass is 9.88. The van der Waals surface area contributed by atoms with Gasteiger partial charge in [-0.15, -0.1) is 0 Å². The van der Waals surface area contributed by atoms with E-state index < -0.39 is 10.9 Å². The molecule has 0 aromatic heterocycles. The topological polar surface area (TPSA) is 72.7 Å². The van der Waals surface area contributed by atoms with E-state index in [1.807, 2.05) is 24.9 Å². The minimum atomic E-state index is -0.448. The maximum atomic E-state index is 11.9. The molecule has 21 heavy (non-hydrogen) atoms. The van der Waals surface area contributed by atoms with Crippen molar-refractivity contribution >= 4 is 11.7 Å². The summed E-state index contributed by atoms with van der Waals surface area (Å²) in [6, 6.07) is 6.29. The summed E-state index contributed by atoms with van der Waals surface area (Å²) in [5, 5.41) is 10.9. The summed E-state index contributed by atoms with van der Waals surface area (Å²) in [7, 11) is 3.15. The second-order valence-electron chi connectivity index (χ2n) is 4.82. The van der Waals surface area contributed by atoms with Gasteiger partial charge in [0.2, 0.25) is 0 Å². The molecule has 1 unspecified atom stereocenters. The average Bonchev–Trinajstić information content (AvgIpc) is 2.48. The summed E-state index contributed by atoms with van der Waals surface area (Å²) < 4.78 is 4.81. The van der Waals surface area contributed by atoms with Crippen LogP contribution in [0.15, 0.2) is 47.8 Å². The molecule has 6 heteroatoms. The van der Waals surface area contributed by atoms with Gasteiger partial charge in [0.25, 0.3) is 5.69 Å². The number of allylic oxidation sites excluding steroid dienone is 2. The lowest BCUT2D eigenvalue weighted by Crippen LogP contribution is -2.22. The standard InChI is InChI=1S/C15H16N2O4/c1-10-7-13(14(9-16(10)2)15(18)21-3)11-5-4-6-12(8-11)17(19)20/h4-9,13H,1-3H3. The fraction of sp³-hybridized carbons (Fsp3) is 0.267. The molecule has 1 heterocycles. The number of nitro groups is 1. The van der Waals surface area contributed by atoms with Gasteiger partial charge in [0.1, 0.15) is 0 Å². The smallest absolute Gasteiger partial charge is 0.336 e. The van der Waals surface area contributed by atoms with Crippen LogP contribution in [0.25, 0.3) is 0 Å². The summed E-state index contributed by atoms with van der Waals surface area (Å²) in [5.41, 5.74) is 2.10. The lowest BCUT2D eigenvalue weighted by molar-refractivity contribution is -0.384. The first-order chi connectivity index (χ1) is 9.93. The quantitative estimate of drug-likeness (QED) is 0.485. The van der Waals surface area contributed by atoms with Gasteiger partial charge >= 0.3 is 5.97 Å². The molecule has 1 atom stereocenters. The fourth-order valence-electron chi connectivity index (χ4n) is 2.24. The van der Waals surface area contributed by atoms with E-state index in [1.54, 1.807) is 18.3 Å². The molecular formula is C15H16N2O4. The normalized spacial score (nSPS) is 17.9. The van der Waals surface area contributed by atoms with Crippen molar-refractivity contribution in [3.05, 3.63) is 63.5 Å². The fourth-order valence-corrected chi connectivity index (χ4v) is 2.24. The molecule has 0 N–H and O–H groups in total. The zero-order chi connectivity index (χ0) is 15.6. The number of hydrogen-bond acceptors (Lipinski definition) is 5. The van der Waals surface area contributed by atoms with Crippen molar-refractivity contribution in [1.82, 2.24) is 4.90 Å². The van der Waals surface area contributed by atoms with E-state index in [9.17, 15) is 14.9 Å². The molecule has 0 radical (unpaired) electrons. The largest absolute Gasteiger partial charge is 0.466 e. The third-order valence-electron chi connectivity index (χ3n) is 3.49. The first-order valence-electron chi connectivity index (χ1n) is 6.39. The Bertz CT molecular complexity index is 649. The van der Waals surface area contributed by atoms with Crippen LogP contribution in [0.5, 0.6) is 0 Å². The van der Waals surface area contributed by atoms with Crippen LogP contribution in [-0.4, -0.2) is 29.9 Å². The number of hydrogen-bond donors (Lipinski definition) is 0. The molecule has 0 bridgehead atoms. The van der Waals surface area contributed by atoms with Gasteiger partial charge < -0.3 is 9.64 Å². The highest BCUT2D eigenvalue weighted by Crippen LogP contribution is 2.33. The van der Waals surface area contributed by atoms with Gasteiger partial charge in [0.05, 0.1) is 17.6 Å². The van der Waals surface area contributed by atoms with E-state index in [0.717, 1.165) is 5.70 Å². The number of carbonyl (C=O) groups excluding carboxylic acids is 1. The van der Waals surface area contributed by atoms with Gasteiger partial charge in [0.15, 0.2) is 0 Å². The van der Waals surface area contributed by atoms with Gasteiger partial charge in [-0.2, -0.15) is 0 Å². The van der Waals surface area contributed by atoms with Crippen LogP contribution in [0, 0.1) is 10.1 Å². The second kappa shape index (κ2) is 5.78. The molecular weight excluding hydrogens is 272 g/mol. The molecule has 0 saturated carbocycles. The van der Waals surface area contributed by atoms with Crippen LogP contribution in [0.3, 0.4) is 0 Å². The predicted molar refractivity (Wildman–Crippen MR) is 77.5 cm³/mol. The Kier molecular flexibility index (Phi) is 4.07. The molecule has 0 fully saturated rings. The Morgan fingerprint density at radius 3 is 2.76 bits per heavy atom. The van der Waals surface area contributed by atoms with E-state index >= 15 is 0 Å². The number of nitro benzene ring substituents is 1. The molecule has 6 nitrogen and oxygen atoms in total. The van der Waals surface area contributed by atoms with Gasteiger partial charge in [-0.3, -0.25) is 10.1 Å². The number of non-ortho nitro benzene ring substituents is 1. The minimum Gasteiger partial charge on any atom is -0.466 e. The Labute approximate surface area is 122 Å². The van der Waals surface area contributed by atoms with Crippen LogP contribution in [0.2, 0.25) is 0 Å². The summed E-state index contributed by atoms with van der Waals surface area (Å²) >= 11 is 0. The number of nitrogens with zero attached hydrogens (tertiary/aromatic N) is 2. The molecule has 1 aromatic rings. The number of rotatable bonds is 3. The van der Waals surface area contributed by atoms with Crippen molar-refractivity contribution in [1.29, 1.82) is 0 Å². The maximum absolute atomic E-state index is 11.9. The van der Waals surface area contributed by atoms with Crippen molar-refractivity contribution in [2.45, 2.75) is 12.8 Å². The Hall–Kier alpha value is -2.63. The monoisotopic (exact) mass is 288 g/mol. The van der Waals surface area contributed by atoms with E-state index in [0.29, 0.717) is 11.1 Å². The van der Waals surface area contributed by atoms with Crippen LogP contribution in [0.1, 0.15) is 18.4 Å². The lowest BCUT2D eigenvalue weighted by Gasteiger charge is -2.27. The molecule has 1 aliphatic rings. The maximum Gasteiger partial charge on any atom is 0.336 e. The van der Waals surface area contributed by atoms with Crippen LogP contribution in [-0.2, 0) is 9.53 Å². The Morgan fingerprint density at radius 2 is 2.14 bits per heavy atom. The van der Waals surface area contributed by atoms with Crippen LogP contribution >= 0.6 is 0 Å². The van der Waals surface area contributed by atoms with E-state index in [1.165, 1.54) is 19.2 Å². The number of carbonyl (C=O) groups is 1. The van der Waals surface area contributed by atoms with Crippen molar-refractivity contribution < 1.29 is 14.5 Å². The highest BCUT2D eigenvalue weighted by Gasteiger charge is 2.27. The summed E-state index contributed by atoms with van der Waals surface area (Å²) in [4.78, 5) is 24.2. The van der Waals surface area contributed by atoms with E-state index in [-0.39, 0.29) is 11.6 Å². The van der Waals surface area contributed by atoms with Crippen LogP contribution < -0.4 is 0 Å². The van der Waals surface area contributed by atoms with E-state index in [2.05, 4.69) is 0 Å². The summed E-state index contributed by atoms with van der Waals surface area (Å²) in [6.45, 7) is 1.91. The third-order valence-corrected chi connectivity index (χ3v) is 3.49. The first-order valence-corrected chi connectivity index (χ1v) is 6.39. The van der Waals surface area contributed by atoms with Crippen molar-refractivity contribution in [3.63, 3.8) is 0 Å². The number of esters is 1. The van der Waals surface area contributed by atoms with Gasteiger partial charge in [0, 0.05) is 37.0 Å². The number of ether oxygens (including phenoxy) is 1. The Balaban J connectivity index is 2.48. The van der Waals surface area contributed by atoms with Gasteiger partial charge in [-0.05, 0) is 12.5 Å². The highest BCUT2D eigenvalue weighted by molar-refractivity contribution is 5.91. The van der Waals surface area contributed by atoms with E-state index in [4.69, 9.17) is 4.74 Å². The average molecular weight is 288 g/mol. The Morgan fingerprint density at radius 1 is 1.43 bits per heavy atom. The molecule has 1 aromatic carbocycles. The third kappa shape index (κ3) is 2.94. The molecule has 0 aliphatic carbocycles. The van der Waals surface area contributed by atoms with Crippen molar-refractivity contribution in [3.8, 4) is 0 Å². The van der Waals surface area contributed by atoms with Crippen LogP contribution in [0.4, 0.5) is 5.69 Å². The number of benzene rings is 1. The van der Waals surface area contributed by atoms with Crippen molar-refractivity contribution in [2.24, 2.45) is 0 Å². The molecule has 0 spiro atoms. The molecule has 1 aliphatic heterocycles. The first kappa shape index (κ1) is 14.8. The minimum absolute atomic E-state index is 0.00157.